The maximum absolute atomic E-state index is 8.89. The molecule has 5 heteroatoms. The van der Waals surface area contributed by atoms with Crippen molar-refractivity contribution in [1.82, 2.24) is 4.98 Å². The summed E-state index contributed by atoms with van der Waals surface area (Å²) in [7, 11) is 0. The quantitative estimate of drug-likeness (QED) is 0.906. The van der Waals surface area contributed by atoms with Crippen molar-refractivity contribution in [2.45, 2.75) is 31.7 Å². The molecule has 2 rings (SSSR count). The van der Waals surface area contributed by atoms with Crippen LogP contribution in [0.5, 0.6) is 0 Å². The van der Waals surface area contributed by atoms with E-state index in [9.17, 15) is 0 Å². The highest BCUT2D eigenvalue weighted by atomic mass is 79.9. The van der Waals surface area contributed by atoms with Crippen molar-refractivity contribution in [1.29, 1.82) is 0 Å². The SMILES string of the molecule is OCCCN(c1nc(Br)cs1)C1CCC1. The van der Waals surface area contributed by atoms with Crippen LogP contribution in [-0.2, 0) is 0 Å². The fraction of sp³-hybridized carbons (Fsp3) is 0.700. The van der Waals surface area contributed by atoms with Crippen molar-refractivity contribution in [2.24, 2.45) is 0 Å². The summed E-state index contributed by atoms with van der Waals surface area (Å²) in [6, 6.07) is 0.648. The Morgan fingerprint density at radius 2 is 2.40 bits per heavy atom. The number of nitrogens with zero attached hydrogens (tertiary/aromatic N) is 2. The van der Waals surface area contributed by atoms with Crippen molar-refractivity contribution in [3.05, 3.63) is 9.98 Å². The molecule has 0 aliphatic heterocycles. The molecule has 1 aromatic rings. The van der Waals surface area contributed by atoms with Crippen LogP contribution in [0.4, 0.5) is 5.13 Å². The van der Waals surface area contributed by atoms with E-state index >= 15 is 0 Å². The van der Waals surface area contributed by atoms with Gasteiger partial charge in [0, 0.05) is 24.6 Å². The molecule has 0 unspecified atom stereocenters. The van der Waals surface area contributed by atoms with Gasteiger partial charge in [-0.05, 0) is 41.6 Å². The Balaban J connectivity index is 2.03. The minimum atomic E-state index is 0.260. The molecule has 1 aliphatic rings. The monoisotopic (exact) mass is 290 g/mol. The molecule has 0 atom stereocenters. The fourth-order valence-electron chi connectivity index (χ4n) is 1.75. The molecule has 1 fully saturated rings. The van der Waals surface area contributed by atoms with Gasteiger partial charge >= 0.3 is 0 Å². The minimum Gasteiger partial charge on any atom is -0.396 e. The van der Waals surface area contributed by atoms with Gasteiger partial charge in [0.05, 0.1) is 0 Å². The van der Waals surface area contributed by atoms with E-state index in [0.29, 0.717) is 6.04 Å². The molecule has 1 heterocycles. The zero-order valence-corrected chi connectivity index (χ0v) is 10.9. The predicted octanol–water partition coefficient (Wildman–Crippen LogP) is 2.65. The van der Waals surface area contributed by atoms with Gasteiger partial charge in [-0.3, -0.25) is 0 Å². The van der Waals surface area contributed by atoms with Crippen LogP contribution in [0.25, 0.3) is 0 Å². The lowest BCUT2D eigenvalue weighted by molar-refractivity contribution is 0.283. The van der Waals surface area contributed by atoms with Crippen molar-refractivity contribution < 1.29 is 5.11 Å². The maximum atomic E-state index is 8.89. The van der Waals surface area contributed by atoms with E-state index in [2.05, 4.69) is 25.8 Å². The van der Waals surface area contributed by atoms with E-state index in [-0.39, 0.29) is 6.61 Å². The molecule has 15 heavy (non-hydrogen) atoms. The lowest BCUT2D eigenvalue weighted by Crippen LogP contribution is -2.41. The Morgan fingerprint density at radius 3 is 2.87 bits per heavy atom. The van der Waals surface area contributed by atoms with Gasteiger partial charge in [0.1, 0.15) is 4.60 Å². The largest absolute Gasteiger partial charge is 0.396 e. The highest BCUT2D eigenvalue weighted by Gasteiger charge is 2.26. The number of aromatic nitrogens is 1. The zero-order valence-electron chi connectivity index (χ0n) is 8.53. The van der Waals surface area contributed by atoms with Gasteiger partial charge in [-0.15, -0.1) is 11.3 Å². The summed E-state index contributed by atoms with van der Waals surface area (Å²) in [6.45, 7) is 1.18. The second-order valence-electron chi connectivity index (χ2n) is 3.81. The molecule has 0 spiro atoms. The zero-order chi connectivity index (χ0) is 10.7. The van der Waals surface area contributed by atoms with Crippen LogP contribution < -0.4 is 4.90 Å². The first-order valence-electron chi connectivity index (χ1n) is 5.30. The second kappa shape index (κ2) is 5.27. The van der Waals surface area contributed by atoms with Gasteiger partial charge in [-0.1, -0.05) is 0 Å². The van der Waals surface area contributed by atoms with Gasteiger partial charge < -0.3 is 10.0 Å². The normalized spacial score (nSPS) is 16.4. The van der Waals surface area contributed by atoms with Crippen LogP contribution in [-0.4, -0.2) is 29.3 Å². The fourth-order valence-corrected chi connectivity index (χ4v) is 3.10. The van der Waals surface area contributed by atoms with Gasteiger partial charge in [0.25, 0.3) is 0 Å². The van der Waals surface area contributed by atoms with Crippen LogP contribution in [0, 0.1) is 0 Å². The molecule has 0 bridgehead atoms. The van der Waals surface area contributed by atoms with Crippen molar-refractivity contribution >= 4 is 32.4 Å². The molecule has 0 radical (unpaired) electrons. The summed E-state index contributed by atoms with van der Waals surface area (Å²) < 4.78 is 0.913. The Kier molecular flexibility index (Phi) is 3.99. The van der Waals surface area contributed by atoms with E-state index in [1.54, 1.807) is 11.3 Å². The lowest BCUT2D eigenvalue weighted by atomic mass is 9.92. The highest BCUT2D eigenvalue weighted by Crippen LogP contribution is 2.32. The van der Waals surface area contributed by atoms with Gasteiger partial charge in [-0.2, -0.15) is 0 Å². The molecule has 1 saturated carbocycles. The van der Waals surface area contributed by atoms with Crippen LogP contribution in [0.3, 0.4) is 0 Å². The molecular weight excluding hydrogens is 276 g/mol. The summed E-state index contributed by atoms with van der Waals surface area (Å²) in [5.74, 6) is 0. The van der Waals surface area contributed by atoms with Crippen molar-refractivity contribution in [2.75, 3.05) is 18.1 Å². The summed E-state index contributed by atoms with van der Waals surface area (Å²) in [4.78, 5) is 6.79. The maximum Gasteiger partial charge on any atom is 0.186 e. The second-order valence-corrected chi connectivity index (χ2v) is 5.46. The van der Waals surface area contributed by atoms with E-state index in [0.717, 1.165) is 22.7 Å². The number of aliphatic hydroxyl groups excluding tert-OH is 1. The molecule has 84 valence electrons. The van der Waals surface area contributed by atoms with Crippen molar-refractivity contribution in [3.8, 4) is 0 Å². The Bertz CT molecular complexity index is 314. The average Bonchev–Trinajstić information content (AvgIpc) is 2.56. The standard InChI is InChI=1S/C10H15BrN2OS/c11-9-7-15-10(12-9)13(5-2-6-14)8-3-1-4-8/h7-8,14H,1-6H2. The molecule has 0 amide bonds. The first-order valence-corrected chi connectivity index (χ1v) is 6.97. The number of hydrogen-bond donors (Lipinski definition) is 1. The summed E-state index contributed by atoms with van der Waals surface area (Å²) in [5.41, 5.74) is 0. The first-order chi connectivity index (χ1) is 7.31. The number of rotatable bonds is 5. The van der Waals surface area contributed by atoms with E-state index in [1.807, 2.05) is 5.38 Å². The van der Waals surface area contributed by atoms with Crippen LogP contribution >= 0.6 is 27.3 Å². The van der Waals surface area contributed by atoms with E-state index in [1.165, 1.54) is 19.3 Å². The number of thiazole rings is 1. The summed E-state index contributed by atoms with van der Waals surface area (Å²) in [5, 5.41) is 12.0. The van der Waals surface area contributed by atoms with Crippen molar-refractivity contribution in [3.63, 3.8) is 0 Å². The molecule has 1 aliphatic carbocycles. The van der Waals surface area contributed by atoms with Crippen LogP contribution in [0.15, 0.2) is 9.98 Å². The third-order valence-corrected chi connectivity index (χ3v) is 4.37. The lowest BCUT2D eigenvalue weighted by Gasteiger charge is -2.37. The molecule has 0 saturated heterocycles. The predicted molar refractivity (Wildman–Crippen MR) is 66.5 cm³/mol. The molecule has 0 aromatic carbocycles. The molecular formula is C10H15BrN2OS. The third-order valence-electron chi connectivity index (χ3n) is 2.78. The summed E-state index contributed by atoms with van der Waals surface area (Å²) >= 11 is 5.05. The molecule has 3 nitrogen and oxygen atoms in total. The van der Waals surface area contributed by atoms with Crippen LogP contribution in [0.1, 0.15) is 25.7 Å². The summed E-state index contributed by atoms with van der Waals surface area (Å²) in [6.07, 6.45) is 4.69. The minimum absolute atomic E-state index is 0.260. The average molecular weight is 291 g/mol. The van der Waals surface area contributed by atoms with E-state index in [4.69, 9.17) is 5.11 Å². The number of anilines is 1. The molecule has 1 N–H and O–H groups in total. The van der Waals surface area contributed by atoms with E-state index < -0.39 is 0 Å². The topological polar surface area (TPSA) is 36.4 Å². The highest BCUT2D eigenvalue weighted by molar-refractivity contribution is 9.10. The number of hydrogen-bond acceptors (Lipinski definition) is 4. The van der Waals surface area contributed by atoms with Gasteiger partial charge in [-0.25, -0.2) is 4.98 Å². The Hall–Kier alpha value is -0.130. The van der Waals surface area contributed by atoms with Gasteiger partial charge in [0.2, 0.25) is 0 Å². The Labute approximate surface area is 102 Å². The number of aliphatic hydroxyl groups is 1. The molecule has 1 aromatic heterocycles. The first kappa shape index (κ1) is 11.4. The van der Waals surface area contributed by atoms with Gasteiger partial charge in [0.15, 0.2) is 5.13 Å². The number of halogens is 1. The third kappa shape index (κ3) is 2.71. The van der Waals surface area contributed by atoms with Crippen LogP contribution in [0.2, 0.25) is 0 Å². The smallest absolute Gasteiger partial charge is 0.186 e. The Morgan fingerprint density at radius 1 is 1.60 bits per heavy atom.